The first-order chi connectivity index (χ1) is 9.13. The topological polar surface area (TPSA) is 64.9 Å². The van der Waals surface area contributed by atoms with Gasteiger partial charge in [-0.3, -0.25) is 0 Å². The summed E-state index contributed by atoms with van der Waals surface area (Å²) in [7, 11) is 0. The predicted octanol–water partition coefficient (Wildman–Crippen LogP) is 3.01. The summed E-state index contributed by atoms with van der Waals surface area (Å²) in [5.41, 5.74) is 6.36. The van der Waals surface area contributed by atoms with Gasteiger partial charge in [-0.1, -0.05) is 33.2 Å². The maximum absolute atomic E-state index is 13.3. The minimum atomic E-state index is -0.340. The van der Waals surface area contributed by atoms with E-state index >= 15 is 0 Å². The molecule has 1 heterocycles. The molecular formula is C13H11BrFN3O. The van der Waals surface area contributed by atoms with Crippen molar-refractivity contribution in [2.45, 2.75) is 18.4 Å². The molecule has 1 aromatic heterocycles. The van der Waals surface area contributed by atoms with Crippen LogP contribution in [0, 0.1) is 5.82 Å². The second-order valence-corrected chi connectivity index (χ2v) is 5.33. The van der Waals surface area contributed by atoms with Gasteiger partial charge in [0.15, 0.2) is 0 Å². The minimum Gasteiger partial charge on any atom is -0.338 e. The molecule has 0 aliphatic heterocycles. The summed E-state index contributed by atoms with van der Waals surface area (Å²) in [5.74, 6) is 0.585. The Kier molecular flexibility index (Phi) is 3.20. The van der Waals surface area contributed by atoms with Crippen molar-refractivity contribution in [2.24, 2.45) is 5.73 Å². The molecule has 2 N–H and O–H groups in total. The van der Waals surface area contributed by atoms with E-state index in [1.807, 2.05) is 12.2 Å². The Morgan fingerprint density at radius 2 is 2.21 bits per heavy atom. The lowest BCUT2D eigenvalue weighted by Gasteiger charge is -2.02. The van der Waals surface area contributed by atoms with Gasteiger partial charge in [-0.05, 0) is 24.6 Å². The van der Waals surface area contributed by atoms with Crippen molar-refractivity contribution < 1.29 is 8.91 Å². The predicted molar refractivity (Wildman–Crippen MR) is 71.9 cm³/mol. The van der Waals surface area contributed by atoms with Gasteiger partial charge >= 0.3 is 0 Å². The summed E-state index contributed by atoms with van der Waals surface area (Å²) < 4.78 is 19.2. The third-order valence-corrected chi connectivity index (χ3v) is 3.74. The van der Waals surface area contributed by atoms with Crippen LogP contribution in [0.25, 0.3) is 11.4 Å². The molecule has 0 saturated carbocycles. The highest BCUT2D eigenvalue weighted by Crippen LogP contribution is 2.31. The molecule has 6 heteroatoms. The van der Waals surface area contributed by atoms with Crippen molar-refractivity contribution in [3.05, 3.63) is 46.5 Å². The first kappa shape index (κ1) is 12.5. The van der Waals surface area contributed by atoms with E-state index in [4.69, 9.17) is 10.3 Å². The number of hydrogen-bond donors (Lipinski definition) is 1. The fourth-order valence-corrected chi connectivity index (χ4v) is 2.50. The zero-order valence-corrected chi connectivity index (χ0v) is 11.5. The average molecular weight is 324 g/mol. The Morgan fingerprint density at radius 3 is 2.95 bits per heavy atom. The number of halogens is 2. The molecule has 3 rings (SSSR count). The van der Waals surface area contributed by atoms with Crippen LogP contribution in [0.15, 0.2) is 39.3 Å². The average Bonchev–Trinajstić information content (AvgIpc) is 3.00. The molecule has 0 fully saturated rings. The van der Waals surface area contributed by atoms with Crippen molar-refractivity contribution in [3.8, 4) is 11.4 Å². The van der Waals surface area contributed by atoms with E-state index in [0.717, 1.165) is 10.9 Å². The Bertz CT molecular complexity index is 641. The summed E-state index contributed by atoms with van der Waals surface area (Å²) in [4.78, 5) is 4.32. The summed E-state index contributed by atoms with van der Waals surface area (Å²) in [6.45, 7) is 0. The minimum absolute atomic E-state index is 0.0289. The van der Waals surface area contributed by atoms with Gasteiger partial charge in [0.1, 0.15) is 5.82 Å². The van der Waals surface area contributed by atoms with E-state index in [0.29, 0.717) is 17.3 Å². The molecule has 98 valence electrons. The lowest BCUT2D eigenvalue weighted by molar-refractivity contribution is 0.365. The highest BCUT2D eigenvalue weighted by Gasteiger charge is 2.23. The number of benzene rings is 1. The second kappa shape index (κ2) is 4.86. The molecule has 4 nitrogen and oxygen atoms in total. The van der Waals surface area contributed by atoms with Crippen LogP contribution in [0.1, 0.15) is 18.2 Å². The van der Waals surface area contributed by atoms with Gasteiger partial charge < -0.3 is 10.3 Å². The number of hydrogen-bond acceptors (Lipinski definition) is 4. The third-order valence-electron chi connectivity index (χ3n) is 3.04. The molecule has 1 aromatic carbocycles. The molecule has 19 heavy (non-hydrogen) atoms. The number of rotatable bonds is 2. The van der Waals surface area contributed by atoms with E-state index in [1.165, 1.54) is 12.1 Å². The molecule has 0 amide bonds. The Morgan fingerprint density at radius 1 is 1.37 bits per heavy atom. The van der Waals surface area contributed by atoms with E-state index in [1.54, 1.807) is 6.07 Å². The van der Waals surface area contributed by atoms with Gasteiger partial charge in [0.05, 0.1) is 5.92 Å². The van der Waals surface area contributed by atoms with Gasteiger partial charge in [0, 0.05) is 16.1 Å². The molecule has 2 aromatic rings. The van der Waals surface area contributed by atoms with Crippen molar-refractivity contribution in [1.29, 1.82) is 0 Å². The Labute approximate surface area is 117 Å². The first-order valence-corrected chi connectivity index (χ1v) is 6.66. The monoisotopic (exact) mass is 323 g/mol. The summed E-state index contributed by atoms with van der Waals surface area (Å²) in [6.07, 6.45) is 4.64. The van der Waals surface area contributed by atoms with Crippen molar-refractivity contribution >= 4 is 15.9 Å². The molecule has 2 unspecified atom stereocenters. The van der Waals surface area contributed by atoms with Crippen LogP contribution in [-0.2, 0) is 0 Å². The van der Waals surface area contributed by atoms with Crippen LogP contribution in [0.4, 0.5) is 4.39 Å². The highest BCUT2D eigenvalue weighted by atomic mass is 79.9. The van der Waals surface area contributed by atoms with Gasteiger partial charge in [0.25, 0.3) is 0 Å². The van der Waals surface area contributed by atoms with E-state index in [9.17, 15) is 4.39 Å². The van der Waals surface area contributed by atoms with Gasteiger partial charge in [-0.15, -0.1) is 0 Å². The zero-order valence-electron chi connectivity index (χ0n) is 9.88. The standard InChI is InChI=1S/C13H11BrFN3O/c14-11-4-2-8(15)6-10(11)12-17-13(19-18-12)7-1-3-9(16)5-7/h1-4,6-7,9H,5,16H2. The largest absolute Gasteiger partial charge is 0.338 e. The molecule has 0 spiro atoms. The number of allylic oxidation sites excluding steroid dienone is 1. The fraction of sp³-hybridized carbons (Fsp3) is 0.231. The lowest BCUT2D eigenvalue weighted by atomic mass is 10.1. The van der Waals surface area contributed by atoms with E-state index in [-0.39, 0.29) is 17.8 Å². The quantitative estimate of drug-likeness (QED) is 0.863. The van der Waals surface area contributed by atoms with Crippen LogP contribution in [0.2, 0.25) is 0 Å². The van der Waals surface area contributed by atoms with Crippen LogP contribution < -0.4 is 5.73 Å². The molecular weight excluding hydrogens is 313 g/mol. The zero-order chi connectivity index (χ0) is 13.4. The SMILES string of the molecule is NC1C=CC(c2nc(-c3cc(F)ccc3Br)no2)C1. The van der Waals surface area contributed by atoms with Crippen molar-refractivity contribution in [2.75, 3.05) is 0 Å². The normalized spacial score (nSPS) is 22.1. The Balaban J connectivity index is 1.93. The smallest absolute Gasteiger partial charge is 0.233 e. The lowest BCUT2D eigenvalue weighted by Crippen LogP contribution is -2.14. The van der Waals surface area contributed by atoms with Crippen LogP contribution >= 0.6 is 15.9 Å². The number of aromatic nitrogens is 2. The summed E-state index contributed by atoms with van der Waals surface area (Å²) >= 11 is 3.35. The number of nitrogens with two attached hydrogens (primary N) is 1. The van der Waals surface area contributed by atoms with Gasteiger partial charge in [-0.25, -0.2) is 4.39 Å². The molecule has 0 saturated heterocycles. The van der Waals surface area contributed by atoms with Crippen molar-refractivity contribution in [1.82, 2.24) is 10.1 Å². The Hall–Kier alpha value is -1.53. The summed E-state index contributed by atoms with van der Waals surface area (Å²) in [6, 6.07) is 4.38. The first-order valence-electron chi connectivity index (χ1n) is 5.86. The van der Waals surface area contributed by atoms with Crippen LogP contribution in [0.5, 0.6) is 0 Å². The maximum Gasteiger partial charge on any atom is 0.233 e. The van der Waals surface area contributed by atoms with E-state index in [2.05, 4.69) is 26.1 Å². The van der Waals surface area contributed by atoms with Gasteiger partial charge in [0.2, 0.25) is 11.7 Å². The third kappa shape index (κ3) is 2.46. The van der Waals surface area contributed by atoms with Crippen molar-refractivity contribution in [3.63, 3.8) is 0 Å². The molecule has 0 radical (unpaired) electrons. The molecule has 1 aliphatic rings. The van der Waals surface area contributed by atoms with E-state index < -0.39 is 0 Å². The van der Waals surface area contributed by atoms with Gasteiger partial charge in [-0.2, -0.15) is 4.98 Å². The molecule has 1 aliphatic carbocycles. The maximum atomic E-state index is 13.3. The second-order valence-electron chi connectivity index (χ2n) is 4.47. The van der Waals surface area contributed by atoms with Crippen LogP contribution in [-0.4, -0.2) is 16.2 Å². The molecule has 0 bridgehead atoms. The summed E-state index contributed by atoms with van der Waals surface area (Å²) in [5, 5.41) is 3.90. The molecule has 2 atom stereocenters. The fourth-order valence-electron chi connectivity index (χ4n) is 2.07. The highest BCUT2D eigenvalue weighted by molar-refractivity contribution is 9.10. The number of nitrogens with zero attached hydrogens (tertiary/aromatic N) is 2. The van der Waals surface area contributed by atoms with Crippen LogP contribution in [0.3, 0.4) is 0 Å².